The molecule has 10 heteroatoms. The summed E-state index contributed by atoms with van der Waals surface area (Å²) in [5.74, 6) is 0. The molecule has 4 heterocycles. The topological polar surface area (TPSA) is 47.6 Å². The monoisotopic (exact) mass is 1180 g/mol. The van der Waals surface area contributed by atoms with Crippen molar-refractivity contribution in [2.75, 3.05) is 0 Å². The standard InChI is InChI=1S/C34H46N2S2Si2.C34H52S2Si2/c1-19(2)39(20(3)4,21(5)6)31-15-27-25(17-35)13-30-29(33(27)37-31)14-26(18-36)28-16-32(38-34(28)30)40(22(7)8,23(9)10)24(11)12;1-19(2)37(20(3)4,21(5)6)31-17-27-25(13)15-30-29(33(27)35-31)16-26(14)28-18-32(36-34(28)30)38(22(7)8,23(9)10)24(11)12/h13-16,19-24H,1-12H3;15-24H,1-14H3. The molecule has 0 atom stereocenters. The number of fused-ring (bicyclic) bond motifs is 10. The molecule has 420 valence electrons. The molecule has 0 spiro atoms. The van der Waals surface area contributed by atoms with Gasteiger partial charge in [0.1, 0.15) is 32.3 Å². The van der Waals surface area contributed by atoms with Gasteiger partial charge in [0.15, 0.2) is 0 Å². The van der Waals surface area contributed by atoms with E-state index in [0.29, 0.717) is 33.2 Å². The molecular formula is C68H98N2S4Si4. The summed E-state index contributed by atoms with van der Waals surface area (Å²) in [6.07, 6.45) is 0. The Labute approximate surface area is 493 Å². The maximum absolute atomic E-state index is 10.4. The van der Waals surface area contributed by atoms with Crippen molar-refractivity contribution in [1.29, 1.82) is 10.5 Å². The van der Waals surface area contributed by atoms with Crippen molar-refractivity contribution in [3.05, 3.63) is 70.8 Å². The Morgan fingerprint density at radius 3 is 0.641 bits per heavy atom. The predicted molar refractivity (Wildman–Crippen MR) is 371 cm³/mol. The van der Waals surface area contributed by atoms with Crippen molar-refractivity contribution in [2.45, 2.75) is 247 Å². The first kappa shape index (κ1) is 62.7. The van der Waals surface area contributed by atoms with E-state index in [4.69, 9.17) is 0 Å². The number of nitriles is 2. The zero-order chi connectivity index (χ0) is 58.4. The smallest absolute Gasteiger partial charge is 0.107 e. The third-order valence-electron chi connectivity index (χ3n) is 20.6. The van der Waals surface area contributed by atoms with E-state index in [1.165, 1.54) is 60.5 Å². The second-order valence-corrected chi connectivity index (χ2v) is 56.8. The fourth-order valence-corrected chi connectivity index (χ4v) is 58.8. The molecule has 4 aromatic carbocycles. The van der Waals surface area contributed by atoms with E-state index in [2.05, 4.69) is 263 Å². The molecule has 0 bridgehead atoms. The Morgan fingerprint density at radius 2 is 0.449 bits per heavy atom. The number of rotatable bonds is 16. The lowest BCUT2D eigenvalue weighted by Gasteiger charge is -2.42. The van der Waals surface area contributed by atoms with E-state index in [9.17, 15) is 10.5 Å². The number of nitrogens with zero attached hydrogens (tertiary/aromatic N) is 2. The van der Waals surface area contributed by atoms with Crippen LogP contribution in [0.25, 0.3) is 61.9 Å². The molecule has 0 aliphatic heterocycles. The molecule has 4 aromatic heterocycles. The van der Waals surface area contributed by atoms with E-state index in [1.807, 2.05) is 22.7 Å². The second kappa shape index (κ2) is 23.0. The fourth-order valence-electron chi connectivity index (χ4n) is 17.9. The van der Waals surface area contributed by atoms with Gasteiger partial charge in [0.2, 0.25) is 0 Å². The van der Waals surface area contributed by atoms with E-state index >= 15 is 0 Å². The summed E-state index contributed by atoms with van der Waals surface area (Å²) in [7, 11) is -7.18. The minimum absolute atomic E-state index is 0.597. The highest BCUT2D eigenvalue weighted by molar-refractivity contribution is 7.35. The van der Waals surface area contributed by atoms with Crippen LogP contribution in [0, 0.1) is 36.5 Å². The van der Waals surface area contributed by atoms with Crippen molar-refractivity contribution in [1.82, 2.24) is 0 Å². The molecular weight excluding hydrogens is 1090 g/mol. The number of aryl methyl sites for hydroxylation is 2. The predicted octanol–water partition coefficient (Wildman–Crippen LogP) is 22.4. The Kier molecular flexibility index (Phi) is 18.5. The Hall–Kier alpha value is -2.91. The van der Waals surface area contributed by atoms with Gasteiger partial charge in [0, 0.05) is 51.1 Å². The van der Waals surface area contributed by atoms with Crippen LogP contribution in [0.1, 0.15) is 188 Å². The SMILES string of the molecule is CC(C)[Si](c1cc2c(C#N)cc3c(cc(C#N)c4cc([Si](C(C)C)(C(C)C)C(C)C)sc43)c2s1)(C(C)C)C(C)C.Cc1cc2c(cc(C)c3cc([Si](C(C)C)(C(C)C)C(C)C)sc32)c2sc([Si](C(C)C)(C(C)C)C(C)C)cc12. The summed E-state index contributed by atoms with van der Waals surface area (Å²) in [6, 6.07) is 24.5. The highest BCUT2D eigenvalue weighted by Gasteiger charge is 2.49. The zero-order valence-corrected chi connectivity index (χ0v) is 60.3. The first-order chi connectivity index (χ1) is 36.3. The lowest BCUT2D eigenvalue weighted by molar-refractivity contribution is 0.837. The third-order valence-corrected chi connectivity index (χ3v) is 56.9. The lowest BCUT2D eigenvalue weighted by atomic mass is 9.99. The van der Waals surface area contributed by atoms with Gasteiger partial charge in [-0.25, -0.2) is 0 Å². The van der Waals surface area contributed by atoms with Gasteiger partial charge in [-0.05, 0) is 169 Å². The minimum atomic E-state index is -1.89. The van der Waals surface area contributed by atoms with Crippen LogP contribution in [0.5, 0.6) is 0 Å². The minimum Gasteiger partial charge on any atom is -0.192 e. The van der Waals surface area contributed by atoms with E-state index in [1.54, 1.807) is 9.00 Å². The number of benzene rings is 4. The molecule has 0 saturated carbocycles. The van der Waals surface area contributed by atoms with Gasteiger partial charge in [-0.1, -0.05) is 166 Å². The second-order valence-electron chi connectivity index (χ2n) is 27.7. The van der Waals surface area contributed by atoms with Crippen LogP contribution in [0.15, 0.2) is 48.5 Å². The highest BCUT2D eigenvalue weighted by atomic mass is 32.1. The molecule has 78 heavy (non-hydrogen) atoms. The van der Waals surface area contributed by atoms with Gasteiger partial charge in [-0.2, -0.15) is 10.5 Å². The van der Waals surface area contributed by atoms with Crippen molar-refractivity contribution in [2.24, 2.45) is 0 Å². The lowest BCUT2D eigenvalue weighted by Crippen LogP contribution is -2.54. The molecule has 0 N–H and O–H groups in total. The van der Waals surface area contributed by atoms with Crippen LogP contribution in [-0.4, -0.2) is 32.3 Å². The van der Waals surface area contributed by atoms with Crippen LogP contribution in [0.3, 0.4) is 0 Å². The number of thiophene rings is 4. The molecule has 8 aromatic rings. The molecule has 0 radical (unpaired) electrons. The molecule has 0 unspecified atom stereocenters. The maximum Gasteiger partial charge on any atom is 0.107 e. The summed E-state index contributed by atoms with van der Waals surface area (Å²) in [5, 5.41) is 31.2. The summed E-state index contributed by atoms with van der Waals surface area (Å²) in [6.45, 7) is 63.5. The highest BCUT2D eigenvalue weighted by Crippen LogP contribution is 2.51. The van der Waals surface area contributed by atoms with E-state index in [0.717, 1.165) is 65.9 Å². The van der Waals surface area contributed by atoms with E-state index in [-0.39, 0.29) is 0 Å². The van der Waals surface area contributed by atoms with Crippen LogP contribution >= 0.6 is 45.3 Å². The number of hydrogen-bond donors (Lipinski definition) is 0. The first-order valence-corrected chi connectivity index (χ1v) is 42.2. The van der Waals surface area contributed by atoms with Crippen molar-refractivity contribution < 1.29 is 0 Å². The average Bonchev–Trinajstić information content (AvgIpc) is 4.25. The molecule has 8 rings (SSSR count). The van der Waals surface area contributed by atoms with Crippen LogP contribution in [0.4, 0.5) is 0 Å². The van der Waals surface area contributed by atoms with Gasteiger partial charge >= 0.3 is 0 Å². The average molecular weight is 1180 g/mol. The van der Waals surface area contributed by atoms with Crippen LogP contribution in [0.2, 0.25) is 66.5 Å². The molecule has 0 saturated heterocycles. The van der Waals surface area contributed by atoms with Gasteiger partial charge in [0.25, 0.3) is 0 Å². The van der Waals surface area contributed by atoms with Gasteiger partial charge in [-0.15, -0.1) is 45.3 Å². The fraction of sp³-hybridized carbons (Fsp3) is 0.559. The van der Waals surface area contributed by atoms with Gasteiger partial charge < -0.3 is 0 Å². The molecule has 0 aliphatic carbocycles. The molecule has 0 amide bonds. The summed E-state index contributed by atoms with van der Waals surface area (Å²) in [5.41, 5.74) is 12.4. The molecule has 2 nitrogen and oxygen atoms in total. The maximum atomic E-state index is 10.4. The summed E-state index contributed by atoms with van der Waals surface area (Å²) in [4.78, 5) is 0. The molecule has 0 fully saturated rings. The largest absolute Gasteiger partial charge is 0.192 e. The summed E-state index contributed by atoms with van der Waals surface area (Å²) < 4.78 is 11.9. The van der Waals surface area contributed by atoms with Crippen molar-refractivity contribution in [3.8, 4) is 12.1 Å². The number of hydrogen-bond acceptors (Lipinski definition) is 6. The third kappa shape index (κ3) is 9.39. The quantitative estimate of drug-likeness (QED) is 0.0905. The van der Waals surface area contributed by atoms with Crippen molar-refractivity contribution in [3.63, 3.8) is 0 Å². The first-order valence-electron chi connectivity index (χ1n) is 30.0. The van der Waals surface area contributed by atoms with Gasteiger partial charge in [-0.3, -0.25) is 0 Å². The summed E-state index contributed by atoms with van der Waals surface area (Å²) >= 11 is 8.14. The Morgan fingerprint density at radius 1 is 0.269 bits per heavy atom. The normalized spacial score (nSPS) is 13.6. The Balaban J connectivity index is 0.000000226. The Bertz CT molecular complexity index is 3270. The van der Waals surface area contributed by atoms with Crippen LogP contribution < -0.4 is 18.0 Å². The van der Waals surface area contributed by atoms with Gasteiger partial charge in [0.05, 0.1) is 23.3 Å². The zero-order valence-electron chi connectivity index (χ0n) is 53.1. The van der Waals surface area contributed by atoms with Crippen molar-refractivity contribution >= 4 is 158 Å². The van der Waals surface area contributed by atoms with Crippen LogP contribution in [-0.2, 0) is 0 Å². The molecule has 0 aliphatic rings. The van der Waals surface area contributed by atoms with E-state index < -0.39 is 32.3 Å².